The second-order valence-electron chi connectivity index (χ2n) is 7.60. The first-order valence-electron chi connectivity index (χ1n) is 9.29. The predicted octanol–water partition coefficient (Wildman–Crippen LogP) is 2.85. The largest absolute Gasteiger partial charge is 0.309 e. The Kier molecular flexibility index (Phi) is 5.02. The van der Waals surface area contributed by atoms with Crippen LogP contribution in [-0.4, -0.2) is 45.3 Å². The van der Waals surface area contributed by atoms with E-state index in [1.165, 1.54) is 29.9 Å². The number of hydrogen-bond acceptors (Lipinski definition) is 6. The van der Waals surface area contributed by atoms with Gasteiger partial charge in [-0.1, -0.05) is 26.0 Å². The lowest BCUT2D eigenvalue weighted by Gasteiger charge is -2.32. The van der Waals surface area contributed by atoms with Crippen LogP contribution in [0.25, 0.3) is 0 Å². The van der Waals surface area contributed by atoms with Gasteiger partial charge in [0.05, 0.1) is 0 Å². The van der Waals surface area contributed by atoms with E-state index in [1.807, 2.05) is 32.0 Å². The first kappa shape index (κ1) is 17.6. The lowest BCUT2D eigenvalue weighted by atomic mass is 10.1. The Bertz CT molecular complexity index is 778. The molecule has 0 saturated carbocycles. The third kappa shape index (κ3) is 3.95. The molecule has 0 unspecified atom stereocenters. The van der Waals surface area contributed by atoms with Crippen molar-refractivity contribution in [1.82, 2.24) is 19.6 Å². The number of carbonyl (C=O) groups is 1. The average Bonchev–Trinajstić information content (AvgIpc) is 3.21. The van der Waals surface area contributed by atoms with E-state index in [4.69, 9.17) is 0 Å². The quantitative estimate of drug-likeness (QED) is 0.846. The molecule has 2 atom stereocenters. The zero-order valence-electron chi connectivity index (χ0n) is 15.2. The first-order valence-corrected chi connectivity index (χ1v) is 10.1. The summed E-state index contributed by atoms with van der Waals surface area (Å²) in [7, 11) is 0. The third-order valence-corrected chi connectivity index (χ3v) is 5.71. The van der Waals surface area contributed by atoms with E-state index in [2.05, 4.69) is 31.0 Å². The molecule has 0 radical (unpaired) electrons. The molecule has 2 fully saturated rings. The van der Waals surface area contributed by atoms with E-state index in [-0.39, 0.29) is 11.8 Å². The van der Waals surface area contributed by atoms with Crippen molar-refractivity contribution >= 4 is 22.6 Å². The minimum atomic E-state index is -0.126. The molecule has 2 aliphatic rings. The minimum Gasteiger partial charge on any atom is -0.309 e. The molecule has 0 aliphatic carbocycles. The Hall–Kier alpha value is -1.83. The zero-order chi connectivity index (χ0) is 18.1. The number of fused-ring (bicyclic) bond motifs is 2. The monoisotopic (exact) mass is 371 g/mol. The molecule has 26 heavy (non-hydrogen) atoms. The van der Waals surface area contributed by atoms with Crippen molar-refractivity contribution < 1.29 is 4.79 Å². The molecule has 4 rings (SSSR count). The summed E-state index contributed by atoms with van der Waals surface area (Å²) in [5.41, 5.74) is 1.85. The third-order valence-electron chi connectivity index (χ3n) is 5.07. The molecule has 0 spiro atoms. The van der Waals surface area contributed by atoms with Gasteiger partial charge in [-0.2, -0.15) is 4.37 Å². The topological polar surface area (TPSA) is 70.2 Å². The summed E-state index contributed by atoms with van der Waals surface area (Å²) in [6, 6.07) is 9.16. The Morgan fingerprint density at radius 3 is 2.81 bits per heavy atom. The molecule has 1 aromatic carbocycles. The Labute approximate surface area is 158 Å². The molecular weight excluding hydrogens is 346 g/mol. The van der Waals surface area contributed by atoms with E-state index >= 15 is 0 Å². The van der Waals surface area contributed by atoms with Crippen molar-refractivity contribution in [3.63, 3.8) is 0 Å². The summed E-state index contributed by atoms with van der Waals surface area (Å²) in [6.45, 7) is 7.16. The van der Waals surface area contributed by atoms with Crippen LogP contribution in [0.5, 0.6) is 0 Å². The summed E-state index contributed by atoms with van der Waals surface area (Å²) < 4.78 is 4.28. The fourth-order valence-corrected chi connectivity index (χ4v) is 4.48. The maximum atomic E-state index is 12.6. The van der Waals surface area contributed by atoms with Gasteiger partial charge in [0.15, 0.2) is 0 Å². The predicted molar refractivity (Wildman–Crippen MR) is 104 cm³/mol. The van der Waals surface area contributed by atoms with Gasteiger partial charge in [0.2, 0.25) is 5.13 Å². The molecule has 2 aromatic rings. The molecule has 2 aliphatic heterocycles. The maximum Gasteiger partial charge on any atom is 0.257 e. The second kappa shape index (κ2) is 7.42. The fourth-order valence-electron chi connectivity index (χ4n) is 3.78. The number of amides is 1. The first-order chi connectivity index (χ1) is 12.6. The second-order valence-corrected chi connectivity index (χ2v) is 8.35. The smallest absolute Gasteiger partial charge is 0.257 e. The van der Waals surface area contributed by atoms with Crippen molar-refractivity contribution in [1.29, 1.82) is 0 Å². The Morgan fingerprint density at radius 2 is 2.12 bits per heavy atom. The number of nitrogens with zero attached hydrogens (tertiary/aromatic N) is 3. The SMILES string of the molecule is CC(C)c1nsc(NC(=O)c2cccc(CN3C[C@H]4CC[C@@H](C3)N4)c2)n1. The number of nitrogens with one attached hydrogen (secondary N) is 2. The normalized spacial score (nSPS) is 22.7. The summed E-state index contributed by atoms with van der Waals surface area (Å²) >= 11 is 1.23. The number of hydrogen-bond donors (Lipinski definition) is 2. The maximum absolute atomic E-state index is 12.6. The summed E-state index contributed by atoms with van der Waals surface area (Å²) in [6.07, 6.45) is 2.56. The van der Waals surface area contributed by atoms with Crippen LogP contribution in [0.2, 0.25) is 0 Å². The zero-order valence-corrected chi connectivity index (χ0v) is 16.1. The van der Waals surface area contributed by atoms with Gasteiger partial charge in [-0.25, -0.2) is 4.98 Å². The molecule has 2 N–H and O–H groups in total. The number of anilines is 1. The van der Waals surface area contributed by atoms with Crippen LogP contribution in [0.15, 0.2) is 24.3 Å². The lowest BCUT2D eigenvalue weighted by Crippen LogP contribution is -2.50. The highest BCUT2D eigenvalue weighted by Crippen LogP contribution is 2.22. The fraction of sp³-hybridized carbons (Fsp3) is 0.526. The number of aromatic nitrogens is 2. The summed E-state index contributed by atoms with van der Waals surface area (Å²) in [4.78, 5) is 19.4. The van der Waals surface area contributed by atoms with Crippen molar-refractivity contribution in [3.05, 3.63) is 41.2 Å². The lowest BCUT2D eigenvalue weighted by molar-refractivity contribution is 0.102. The van der Waals surface area contributed by atoms with Crippen LogP contribution in [0.3, 0.4) is 0 Å². The molecule has 7 heteroatoms. The highest BCUT2D eigenvalue weighted by molar-refractivity contribution is 7.09. The number of carbonyl (C=O) groups excluding carboxylic acids is 1. The summed E-state index contributed by atoms with van der Waals surface area (Å²) in [5, 5.41) is 7.08. The Morgan fingerprint density at radius 1 is 1.35 bits per heavy atom. The number of piperazine rings is 1. The molecule has 3 heterocycles. The van der Waals surface area contributed by atoms with E-state index < -0.39 is 0 Å². The van der Waals surface area contributed by atoms with Crippen LogP contribution >= 0.6 is 11.5 Å². The van der Waals surface area contributed by atoms with Crippen LogP contribution in [-0.2, 0) is 6.54 Å². The van der Waals surface area contributed by atoms with Crippen molar-refractivity contribution in [3.8, 4) is 0 Å². The van der Waals surface area contributed by atoms with E-state index in [0.29, 0.717) is 22.8 Å². The van der Waals surface area contributed by atoms with Gasteiger partial charge >= 0.3 is 0 Å². The highest BCUT2D eigenvalue weighted by Gasteiger charge is 2.31. The van der Waals surface area contributed by atoms with Gasteiger partial charge < -0.3 is 5.32 Å². The minimum absolute atomic E-state index is 0.126. The van der Waals surface area contributed by atoms with E-state index in [9.17, 15) is 4.79 Å². The van der Waals surface area contributed by atoms with Gasteiger partial charge in [-0.05, 0) is 30.5 Å². The van der Waals surface area contributed by atoms with Gasteiger partial charge in [-0.3, -0.25) is 15.0 Å². The van der Waals surface area contributed by atoms with Crippen molar-refractivity contribution in [2.75, 3.05) is 18.4 Å². The molecule has 1 amide bonds. The van der Waals surface area contributed by atoms with Gasteiger partial charge in [0.1, 0.15) is 5.82 Å². The van der Waals surface area contributed by atoms with Crippen LogP contribution in [0.4, 0.5) is 5.13 Å². The highest BCUT2D eigenvalue weighted by atomic mass is 32.1. The molecular formula is C19H25N5OS. The molecule has 1 aromatic heterocycles. The molecule has 138 valence electrons. The van der Waals surface area contributed by atoms with Crippen LogP contribution < -0.4 is 10.6 Å². The molecule has 2 bridgehead atoms. The number of likely N-dealkylation sites (tertiary alicyclic amines) is 1. The summed E-state index contributed by atoms with van der Waals surface area (Å²) in [5.74, 6) is 0.903. The van der Waals surface area contributed by atoms with Crippen molar-refractivity contribution in [2.24, 2.45) is 0 Å². The number of benzene rings is 1. The molecule has 6 nitrogen and oxygen atoms in total. The van der Waals surface area contributed by atoms with E-state index in [1.54, 1.807) is 0 Å². The average molecular weight is 372 g/mol. The van der Waals surface area contributed by atoms with Gasteiger partial charge in [-0.15, -0.1) is 0 Å². The number of rotatable bonds is 5. The van der Waals surface area contributed by atoms with E-state index in [0.717, 1.165) is 25.5 Å². The van der Waals surface area contributed by atoms with Crippen LogP contribution in [0.1, 0.15) is 54.4 Å². The molecule has 2 saturated heterocycles. The Balaban J connectivity index is 1.40. The van der Waals surface area contributed by atoms with Gasteiger partial charge in [0, 0.05) is 54.7 Å². The van der Waals surface area contributed by atoms with Crippen LogP contribution in [0, 0.1) is 0 Å². The van der Waals surface area contributed by atoms with Gasteiger partial charge in [0.25, 0.3) is 5.91 Å². The standard InChI is InChI=1S/C19H25N5OS/c1-12(2)17-21-19(26-23-17)22-18(25)14-5-3-4-13(8-14)9-24-10-15-6-7-16(11-24)20-15/h3-5,8,12,15-16,20H,6-7,9-11H2,1-2H3,(H,21,22,23,25)/t15-,16+. The van der Waals surface area contributed by atoms with Crippen molar-refractivity contribution in [2.45, 2.75) is 51.2 Å².